The highest BCUT2D eigenvalue weighted by molar-refractivity contribution is 5.59. The van der Waals surface area contributed by atoms with Gasteiger partial charge >= 0.3 is 0 Å². The first kappa shape index (κ1) is 21.9. The minimum Gasteiger partial charge on any atom is -0.497 e. The van der Waals surface area contributed by atoms with E-state index in [9.17, 15) is 15.2 Å². The lowest BCUT2D eigenvalue weighted by Gasteiger charge is -2.32. The van der Waals surface area contributed by atoms with Crippen LogP contribution in [0.25, 0.3) is 0 Å². The summed E-state index contributed by atoms with van der Waals surface area (Å²) in [6.45, 7) is 0. The largest absolute Gasteiger partial charge is 0.497 e. The van der Waals surface area contributed by atoms with Gasteiger partial charge in [0.25, 0.3) is 5.69 Å². The number of hydrogen-bond acceptors (Lipinski definition) is 7. The van der Waals surface area contributed by atoms with Crippen LogP contribution in [0.1, 0.15) is 16.7 Å². The fraction of sp³-hybridized carbons (Fsp3) is 0.217. The standard InChI is InChI=1S/C23H23NO7/c1-28-17-9-11-19(21(13-17)30-3)23(25,15-5-7-16(8-6-15)24(26)27)20-12-10-18(29-2)14-22(20)31-4/h5-14,25H,1-4H3. The van der Waals surface area contributed by atoms with Gasteiger partial charge in [0.15, 0.2) is 0 Å². The van der Waals surface area contributed by atoms with E-state index in [-0.39, 0.29) is 5.69 Å². The zero-order valence-corrected chi connectivity index (χ0v) is 17.6. The predicted molar refractivity (Wildman–Crippen MR) is 114 cm³/mol. The second-order valence-electron chi connectivity index (χ2n) is 6.65. The molecular weight excluding hydrogens is 402 g/mol. The van der Waals surface area contributed by atoms with E-state index in [1.54, 1.807) is 36.4 Å². The van der Waals surface area contributed by atoms with Crippen LogP contribution in [0.15, 0.2) is 60.7 Å². The number of nitro groups is 1. The number of benzene rings is 3. The van der Waals surface area contributed by atoms with Crippen LogP contribution >= 0.6 is 0 Å². The first-order valence-electron chi connectivity index (χ1n) is 9.31. The van der Waals surface area contributed by atoms with Gasteiger partial charge in [-0.2, -0.15) is 0 Å². The smallest absolute Gasteiger partial charge is 0.269 e. The summed E-state index contributed by atoms with van der Waals surface area (Å²) in [5.74, 6) is 1.85. The number of nitro benzene ring substituents is 1. The molecular formula is C23H23NO7. The zero-order chi connectivity index (χ0) is 22.6. The predicted octanol–water partition coefficient (Wildman–Crippen LogP) is 3.91. The molecule has 0 saturated heterocycles. The molecule has 0 amide bonds. The number of nitrogens with zero attached hydrogens (tertiary/aromatic N) is 1. The topological polar surface area (TPSA) is 100 Å². The summed E-state index contributed by atoms with van der Waals surface area (Å²) in [6, 6.07) is 15.8. The normalized spacial score (nSPS) is 11.0. The Balaban J connectivity index is 2.33. The quantitative estimate of drug-likeness (QED) is 0.332. The highest BCUT2D eigenvalue weighted by atomic mass is 16.6. The highest BCUT2D eigenvalue weighted by Crippen LogP contribution is 2.46. The van der Waals surface area contributed by atoms with E-state index in [0.29, 0.717) is 39.7 Å². The molecule has 3 aromatic rings. The van der Waals surface area contributed by atoms with Crippen LogP contribution in [-0.2, 0) is 5.60 Å². The van der Waals surface area contributed by atoms with Gasteiger partial charge in [-0.1, -0.05) is 0 Å². The van der Waals surface area contributed by atoms with Crippen molar-refractivity contribution in [3.05, 3.63) is 87.5 Å². The van der Waals surface area contributed by atoms with Gasteiger partial charge < -0.3 is 24.1 Å². The van der Waals surface area contributed by atoms with Gasteiger partial charge in [0.2, 0.25) is 0 Å². The van der Waals surface area contributed by atoms with E-state index >= 15 is 0 Å². The van der Waals surface area contributed by atoms with Crippen molar-refractivity contribution in [1.82, 2.24) is 0 Å². The van der Waals surface area contributed by atoms with E-state index < -0.39 is 10.5 Å². The van der Waals surface area contributed by atoms with Crippen molar-refractivity contribution in [2.75, 3.05) is 28.4 Å². The maximum Gasteiger partial charge on any atom is 0.269 e. The minimum atomic E-state index is -1.76. The molecule has 162 valence electrons. The fourth-order valence-electron chi connectivity index (χ4n) is 3.48. The molecule has 3 rings (SSSR count). The molecule has 0 aliphatic rings. The second kappa shape index (κ2) is 8.93. The summed E-state index contributed by atoms with van der Waals surface area (Å²) >= 11 is 0. The molecule has 8 heteroatoms. The molecule has 0 spiro atoms. The molecule has 0 aliphatic heterocycles. The Bertz CT molecular complexity index is 1020. The molecule has 0 fully saturated rings. The lowest BCUT2D eigenvalue weighted by molar-refractivity contribution is -0.384. The molecule has 1 N–H and O–H groups in total. The van der Waals surface area contributed by atoms with Crippen LogP contribution in [0.4, 0.5) is 5.69 Å². The summed E-state index contributed by atoms with van der Waals surface area (Å²) < 4.78 is 21.6. The zero-order valence-electron chi connectivity index (χ0n) is 17.6. The Morgan fingerprint density at radius 1 is 0.742 bits per heavy atom. The Labute approximate surface area is 179 Å². The van der Waals surface area contributed by atoms with Crippen LogP contribution in [-0.4, -0.2) is 38.5 Å². The van der Waals surface area contributed by atoms with Gasteiger partial charge in [-0.3, -0.25) is 10.1 Å². The van der Waals surface area contributed by atoms with Crippen molar-refractivity contribution in [1.29, 1.82) is 0 Å². The van der Waals surface area contributed by atoms with Crippen molar-refractivity contribution >= 4 is 5.69 Å². The van der Waals surface area contributed by atoms with Gasteiger partial charge in [0, 0.05) is 35.4 Å². The third-order valence-corrected chi connectivity index (χ3v) is 5.09. The number of methoxy groups -OCH3 is 4. The van der Waals surface area contributed by atoms with Gasteiger partial charge in [-0.05, 0) is 42.0 Å². The molecule has 0 bridgehead atoms. The van der Waals surface area contributed by atoms with Gasteiger partial charge in [-0.15, -0.1) is 0 Å². The Hall–Kier alpha value is -3.78. The molecule has 8 nitrogen and oxygen atoms in total. The van der Waals surface area contributed by atoms with Gasteiger partial charge in [-0.25, -0.2) is 0 Å². The van der Waals surface area contributed by atoms with Crippen LogP contribution < -0.4 is 18.9 Å². The second-order valence-corrected chi connectivity index (χ2v) is 6.65. The SMILES string of the molecule is COc1ccc(C(O)(c2ccc([N+](=O)[O-])cc2)c2ccc(OC)cc2OC)c(OC)c1. The summed E-state index contributed by atoms with van der Waals surface area (Å²) in [4.78, 5) is 10.6. The number of rotatable bonds is 8. The monoisotopic (exact) mass is 425 g/mol. The van der Waals surface area contributed by atoms with Gasteiger partial charge in [0.1, 0.15) is 28.6 Å². The Kier molecular flexibility index (Phi) is 6.31. The molecule has 3 aromatic carbocycles. The summed E-state index contributed by atoms with van der Waals surface area (Å²) in [5, 5.41) is 23.3. The first-order chi connectivity index (χ1) is 14.9. The number of non-ortho nitro benzene ring substituents is 1. The summed E-state index contributed by atoms with van der Waals surface area (Å²) in [5.41, 5.74) is -0.634. The van der Waals surface area contributed by atoms with Crippen molar-refractivity contribution in [3.8, 4) is 23.0 Å². The van der Waals surface area contributed by atoms with E-state index in [1.807, 2.05) is 0 Å². The molecule has 0 saturated carbocycles. The van der Waals surface area contributed by atoms with Crippen LogP contribution in [0, 0.1) is 10.1 Å². The van der Waals surface area contributed by atoms with Crippen molar-refractivity contribution in [2.24, 2.45) is 0 Å². The van der Waals surface area contributed by atoms with Crippen molar-refractivity contribution in [2.45, 2.75) is 5.60 Å². The average Bonchev–Trinajstić information content (AvgIpc) is 2.82. The highest BCUT2D eigenvalue weighted by Gasteiger charge is 2.39. The van der Waals surface area contributed by atoms with E-state index in [1.165, 1.54) is 52.7 Å². The lowest BCUT2D eigenvalue weighted by atomic mass is 9.79. The summed E-state index contributed by atoms with van der Waals surface area (Å²) in [7, 11) is 6.03. The molecule has 0 aromatic heterocycles. The minimum absolute atomic E-state index is 0.0884. The molecule has 0 radical (unpaired) electrons. The maximum atomic E-state index is 12.2. The van der Waals surface area contributed by atoms with Crippen LogP contribution in [0.5, 0.6) is 23.0 Å². The van der Waals surface area contributed by atoms with E-state index in [2.05, 4.69) is 0 Å². The Morgan fingerprint density at radius 2 is 1.19 bits per heavy atom. The van der Waals surface area contributed by atoms with E-state index in [0.717, 1.165) is 0 Å². The van der Waals surface area contributed by atoms with Crippen LogP contribution in [0.2, 0.25) is 0 Å². The fourth-order valence-corrected chi connectivity index (χ4v) is 3.48. The molecule has 0 heterocycles. The Morgan fingerprint density at radius 3 is 1.55 bits per heavy atom. The number of aliphatic hydroxyl groups is 1. The van der Waals surface area contributed by atoms with Crippen molar-refractivity contribution in [3.63, 3.8) is 0 Å². The third-order valence-electron chi connectivity index (χ3n) is 5.09. The average molecular weight is 425 g/mol. The number of hydrogen-bond donors (Lipinski definition) is 1. The molecule has 31 heavy (non-hydrogen) atoms. The maximum absolute atomic E-state index is 12.2. The van der Waals surface area contributed by atoms with Gasteiger partial charge in [0.05, 0.1) is 33.4 Å². The summed E-state index contributed by atoms with van der Waals surface area (Å²) in [6.07, 6.45) is 0. The number of ether oxygens (including phenoxy) is 4. The lowest BCUT2D eigenvalue weighted by Crippen LogP contribution is -2.30. The molecule has 0 aliphatic carbocycles. The van der Waals surface area contributed by atoms with Crippen molar-refractivity contribution < 1.29 is 29.0 Å². The first-order valence-corrected chi connectivity index (χ1v) is 9.31. The van der Waals surface area contributed by atoms with E-state index in [4.69, 9.17) is 18.9 Å². The van der Waals surface area contributed by atoms with Crippen LogP contribution in [0.3, 0.4) is 0 Å². The third kappa shape index (κ3) is 3.97. The molecule has 0 unspecified atom stereocenters. The molecule has 0 atom stereocenters.